The van der Waals surface area contributed by atoms with Gasteiger partial charge in [-0.1, -0.05) is 211 Å². The molecule has 0 amide bonds. The molecule has 1 heterocycles. The first-order valence-electron chi connectivity index (χ1n) is 39.9. The van der Waals surface area contributed by atoms with Crippen molar-refractivity contribution in [1.82, 2.24) is 15.1 Å². The number of hydrogen-bond acceptors (Lipinski definition) is 3. The van der Waals surface area contributed by atoms with Gasteiger partial charge in [0, 0.05) is 23.7 Å². The van der Waals surface area contributed by atoms with Gasteiger partial charge in [-0.25, -0.2) is 0 Å². The number of piperidine rings is 1. The lowest BCUT2D eigenvalue weighted by atomic mass is 9.53. The first-order chi connectivity index (χ1) is 49.9. The molecule has 2 atom stereocenters. The molecule has 544 valence electrons. The molecule has 7 aliphatic carbocycles. The minimum absolute atomic E-state index is 0.0394. The van der Waals surface area contributed by atoms with Crippen molar-refractivity contribution in [1.29, 1.82) is 0 Å². The smallest absolute Gasteiger partial charge is 0.166 e. The van der Waals surface area contributed by atoms with Crippen molar-refractivity contribution in [2.75, 3.05) is 27.7 Å². The van der Waals surface area contributed by atoms with E-state index in [1.54, 1.807) is 19.3 Å². The van der Waals surface area contributed by atoms with E-state index in [-0.39, 0.29) is 32.7 Å². The van der Waals surface area contributed by atoms with E-state index in [9.17, 15) is 0 Å². The topological polar surface area (TPSA) is 18.5 Å². The fourth-order valence-corrected chi connectivity index (χ4v) is 24.0. The fraction of sp³-hybridized carbons (Fsp3) is 0.443. The van der Waals surface area contributed by atoms with Gasteiger partial charge in [-0.2, -0.15) is 0 Å². The molecule has 17 rings (SSSR count). The molecular formula is C97H126N3S3+3. The molecule has 1 aliphatic heterocycles. The van der Waals surface area contributed by atoms with E-state index in [1.165, 1.54) is 223 Å². The summed E-state index contributed by atoms with van der Waals surface area (Å²) in [5, 5.41) is 3.61. The van der Waals surface area contributed by atoms with Crippen LogP contribution in [0.2, 0.25) is 0 Å². The van der Waals surface area contributed by atoms with E-state index in [2.05, 4.69) is 317 Å². The summed E-state index contributed by atoms with van der Waals surface area (Å²) in [4.78, 5) is 17.7. The molecule has 103 heavy (non-hydrogen) atoms. The van der Waals surface area contributed by atoms with Crippen LogP contribution in [0.15, 0.2) is 262 Å². The summed E-state index contributed by atoms with van der Waals surface area (Å²) in [6, 6.07) is 83.2. The maximum Gasteiger partial charge on any atom is 0.166 e. The minimum Gasteiger partial charge on any atom is -0.314 e. The van der Waals surface area contributed by atoms with Crippen LogP contribution in [-0.4, -0.2) is 61.2 Å². The number of benzene rings is 9. The van der Waals surface area contributed by atoms with Crippen LogP contribution in [0.5, 0.6) is 0 Å². The van der Waals surface area contributed by atoms with E-state index >= 15 is 0 Å². The van der Waals surface area contributed by atoms with Gasteiger partial charge in [0.05, 0.1) is 32.7 Å². The Labute approximate surface area is 634 Å². The standard InChI is InChI=1S/3C21H21S.C13H25N.C11H19N.C10H19N/c3*1-16-4-10-19(11-5-16)22(20-12-6-17(2)7-13-20)21-14-8-18(3)9-15-21;1-14(12-8-4-2-5-9-12)13-10-6-3-7-11-13;1-12-11-5-8-2-9(6-11)4-10(3-8)7-11;1-11-8-4-6-9-5-2-3-7-10(9)11/h3*4-15H,1-3H3;12-13H,2-11H2,1H3;8-10,12H,2-7H2,1H3;9-10H,2-8H2,1H3/q3*+1;;;. The van der Waals surface area contributed by atoms with Crippen LogP contribution in [0, 0.1) is 86.0 Å². The molecule has 8 fully saturated rings. The third-order valence-corrected chi connectivity index (χ3v) is 30.4. The average molecular weight is 1430 g/mol. The number of rotatable bonds is 12. The van der Waals surface area contributed by atoms with Gasteiger partial charge in [-0.3, -0.25) is 0 Å². The molecule has 2 unspecified atom stereocenters. The van der Waals surface area contributed by atoms with Crippen LogP contribution in [0.1, 0.15) is 191 Å². The Morgan fingerprint density at radius 3 is 0.738 bits per heavy atom. The highest BCUT2D eigenvalue weighted by atomic mass is 32.2. The summed E-state index contributed by atoms with van der Waals surface area (Å²) in [6.45, 7) is 20.6. The first-order valence-corrected chi connectivity index (χ1v) is 43.6. The highest BCUT2D eigenvalue weighted by Gasteiger charge is 2.50. The average Bonchev–Trinajstić information content (AvgIpc) is 0.772. The van der Waals surface area contributed by atoms with Crippen LogP contribution >= 0.6 is 0 Å². The zero-order valence-corrected chi connectivity index (χ0v) is 67.7. The van der Waals surface area contributed by atoms with Crippen LogP contribution < -0.4 is 5.32 Å². The predicted molar refractivity (Wildman–Crippen MR) is 446 cm³/mol. The maximum absolute atomic E-state index is 3.61. The monoisotopic (exact) mass is 1430 g/mol. The van der Waals surface area contributed by atoms with Gasteiger partial charge < -0.3 is 15.1 Å². The Morgan fingerprint density at radius 2 is 0.515 bits per heavy atom. The summed E-state index contributed by atoms with van der Waals surface area (Å²) < 4.78 is 0. The van der Waals surface area contributed by atoms with Crippen molar-refractivity contribution in [3.8, 4) is 0 Å². The largest absolute Gasteiger partial charge is 0.314 e. The number of nitrogens with zero attached hydrogens (tertiary/aromatic N) is 2. The third kappa shape index (κ3) is 22.3. The first kappa shape index (κ1) is 78.0. The quantitative estimate of drug-likeness (QED) is 0.123. The molecular weight excluding hydrogens is 1300 g/mol. The molecule has 1 N–H and O–H groups in total. The lowest BCUT2D eigenvalue weighted by molar-refractivity contribution is -0.0158. The number of aryl methyl sites for hydroxylation is 9. The van der Waals surface area contributed by atoms with Crippen LogP contribution in [0.25, 0.3) is 0 Å². The molecule has 9 aromatic carbocycles. The molecule has 3 nitrogen and oxygen atoms in total. The summed E-state index contributed by atoms with van der Waals surface area (Å²) in [5.41, 5.74) is 12.3. The van der Waals surface area contributed by atoms with E-state index in [0.717, 1.165) is 41.8 Å². The van der Waals surface area contributed by atoms with E-state index < -0.39 is 0 Å². The van der Waals surface area contributed by atoms with Crippen molar-refractivity contribution in [3.05, 3.63) is 268 Å². The van der Waals surface area contributed by atoms with Gasteiger partial charge in [0.15, 0.2) is 44.1 Å². The van der Waals surface area contributed by atoms with Gasteiger partial charge in [0.2, 0.25) is 0 Å². The fourth-order valence-electron chi connectivity index (χ4n) is 17.9. The summed E-state index contributed by atoms with van der Waals surface area (Å²) in [7, 11) is 6.74. The second kappa shape index (κ2) is 38.4. The summed E-state index contributed by atoms with van der Waals surface area (Å²) in [5.74, 6) is 4.32. The van der Waals surface area contributed by atoms with Gasteiger partial charge in [-0.15, -0.1) is 0 Å². The highest BCUT2D eigenvalue weighted by Crippen LogP contribution is 2.55. The molecule has 7 saturated carbocycles. The molecule has 0 radical (unpaired) electrons. The number of fused-ring (bicyclic) bond motifs is 1. The Kier molecular flexibility index (Phi) is 29.1. The Morgan fingerprint density at radius 1 is 0.301 bits per heavy atom. The molecule has 9 aromatic rings. The Balaban J connectivity index is 0.000000126. The zero-order chi connectivity index (χ0) is 72.2. The molecule has 0 spiro atoms. The van der Waals surface area contributed by atoms with Crippen LogP contribution in [0.3, 0.4) is 0 Å². The number of likely N-dealkylation sites (tertiary alicyclic amines) is 1. The predicted octanol–water partition coefficient (Wildman–Crippen LogP) is 25.2. The van der Waals surface area contributed by atoms with E-state index in [1.807, 2.05) is 0 Å². The van der Waals surface area contributed by atoms with Gasteiger partial charge in [0.1, 0.15) is 0 Å². The molecule has 1 saturated heterocycles. The molecule has 4 bridgehead atoms. The van der Waals surface area contributed by atoms with Crippen LogP contribution in [0.4, 0.5) is 0 Å². The normalized spacial score (nSPS) is 21.5. The number of nitrogens with one attached hydrogen (secondary N) is 1. The Hall–Kier alpha value is -6.09. The van der Waals surface area contributed by atoms with Crippen molar-refractivity contribution in [2.24, 2.45) is 23.7 Å². The SMILES string of the molecule is CN(C1CCCCC1)C1CCCCC1.CN1CCCC2CCCCC21.CNC12CC3CC(CC(C3)C1)C2.Cc1ccc([S+](c2ccc(C)cc2)c2ccc(C)cc2)cc1.Cc1ccc([S+](c2ccc(C)cc2)c2ccc(C)cc2)cc1.Cc1ccc([S+](c2ccc(C)cc2)c2ccc(C)cc2)cc1. The lowest BCUT2D eigenvalue weighted by Gasteiger charge is -2.56. The maximum atomic E-state index is 3.61. The number of hydrogen-bond donors (Lipinski definition) is 1. The molecule has 8 aliphatic rings. The van der Waals surface area contributed by atoms with Gasteiger partial charge in [-0.05, 0) is 313 Å². The second-order valence-electron chi connectivity index (χ2n) is 32.2. The highest BCUT2D eigenvalue weighted by molar-refractivity contribution is 7.97. The minimum atomic E-state index is -0.0394. The molecule has 6 heteroatoms. The van der Waals surface area contributed by atoms with Gasteiger partial charge >= 0.3 is 0 Å². The van der Waals surface area contributed by atoms with Gasteiger partial charge in [0.25, 0.3) is 0 Å². The lowest BCUT2D eigenvalue weighted by Crippen LogP contribution is -2.57. The summed E-state index contributed by atoms with van der Waals surface area (Å²) >= 11 is 0. The van der Waals surface area contributed by atoms with Crippen molar-refractivity contribution in [2.45, 2.75) is 271 Å². The molecule has 0 aromatic heterocycles. The van der Waals surface area contributed by atoms with E-state index in [0.29, 0.717) is 5.54 Å². The van der Waals surface area contributed by atoms with E-state index in [4.69, 9.17) is 0 Å². The zero-order valence-electron chi connectivity index (χ0n) is 65.2. The van der Waals surface area contributed by atoms with Crippen molar-refractivity contribution >= 4 is 32.7 Å². The van der Waals surface area contributed by atoms with Crippen molar-refractivity contribution in [3.63, 3.8) is 0 Å². The van der Waals surface area contributed by atoms with Crippen molar-refractivity contribution < 1.29 is 0 Å². The summed E-state index contributed by atoms with van der Waals surface area (Å²) in [6.07, 6.45) is 32.7. The third-order valence-electron chi connectivity index (χ3n) is 23.7. The van der Waals surface area contributed by atoms with Crippen LogP contribution in [-0.2, 0) is 32.7 Å². The second-order valence-corrected chi connectivity index (χ2v) is 38.2. The Bertz CT molecular complexity index is 3220.